The Labute approximate surface area is 134 Å². The first-order chi connectivity index (χ1) is 8.97. The Balaban J connectivity index is 2.20. The lowest BCUT2D eigenvalue weighted by Crippen LogP contribution is -1.98. The molecule has 0 saturated heterocycles. The van der Waals surface area contributed by atoms with Crippen molar-refractivity contribution in [3.63, 3.8) is 0 Å². The molecule has 0 heterocycles. The summed E-state index contributed by atoms with van der Waals surface area (Å²) in [5, 5.41) is 1.39. The summed E-state index contributed by atoms with van der Waals surface area (Å²) < 4.78 is 13.8. The zero-order valence-corrected chi connectivity index (χ0v) is 13.5. The summed E-state index contributed by atoms with van der Waals surface area (Å²) >= 11 is 21.0. The fourth-order valence-corrected chi connectivity index (χ4v) is 2.96. The maximum atomic E-state index is 13.8. The summed E-state index contributed by atoms with van der Waals surface area (Å²) in [6.07, 6.45) is 0.607. The van der Waals surface area contributed by atoms with Crippen molar-refractivity contribution in [2.75, 3.05) is 0 Å². The lowest BCUT2D eigenvalue weighted by Gasteiger charge is -2.12. The molecule has 0 saturated carbocycles. The van der Waals surface area contributed by atoms with Gasteiger partial charge in [0, 0.05) is 15.4 Å². The Hall–Kier alpha value is -0.280. The molecule has 2 aromatic rings. The summed E-state index contributed by atoms with van der Waals surface area (Å²) in [6.45, 7) is 0. The van der Waals surface area contributed by atoms with E-state index >= 15 is 0 Å². The van der Waals surface area contributed by atoms with E-state index in [9.17, 15) is 4.39 Å². The molecule has 0 aliphatic carbocycles. The number of hydrogen-bond donors (Lipinski definition) is 0. The van der Waals surface area contributed by atoms with E-state index in [1.165, 1.54) is 6.07 Å². The van der Waals surface area contributed by atoms with Crippen molar-refractivity contribution in [2.45, 2.75) is 11.2 Å². The number of rotatable bonds is 3. The third-order valence-corrected chi connectivity index (χ3v) is 4.49. The Bertz CT molecular complexity index is 601. The third kappa shape index (κ3) is 3.85. The topological polar surface area (TPSA) is 0 Å². The van der Waals surface area contributed by atoms with Gasteiger partial charge in [0.1, 0.15) is 5.82 Å². The molecule has 19 heavy (non-hydrogen) atoms. The van der Waals surface area contributed by atoms with Gasteiger partial charge >= 0.3 is 0 Å². The molecule has 100 valence electrons. The molecule has 0 spiro atoms. The van der Waals surface area contributed by atoms with E-state index in [2.05, 4.69) is 15.9 Å². The standard InChI is InChI=1S/C14H9BrCl3F/c15-11(10-3-2-9(16)7-14(10)19)5-8-1-4-12(17)13(18)6-8/h1-4,6-7,11H,5H2. The third-order valence-electron chi connectivity index (χ3n) is 2.70. The van der Waals surface area contributed by atoms with E-state index < -0.39 is 0 Å². The number of alkyl halides is 1. The van der Waals surface area contributed by atoms with Crippen LogP contribution in [0.4, 0.5) is 4.39 Å². The fraction of sp³-hybridized carbons (Fsp3) is 0.143. The van der Waals surface area contributed by atoms with Gasteiger partial charge in [-0.3, -0.25) is 0 Å². The molecule has 0 fully saturated rings. The second-order valence-corrected chi connectivity index (χ2v) is 6.44. The SMILES string of the molecule is Fc1cc(Cl)ccc1C(Br)Cc1ccc(Cl)c(Cl)c1. The van der Waals surface area contributed by atoms with Gasteiger partial charge in [-0.15, -0.1) is 0 Å². The highest BCUT2D eigenvalue weighted by atomic mass is 79.9. The molecule has 1 unspecified atom stereocenters. The van der Waals surface area contributed by atoms with Gasteiger partial charge in [0.25, 0.3) is 0 Å². The van der Waals surface area contributed by atoms with Crippen molar-refractivity contribution in [3.05, 3.63) is 68.4 Å². The van der Waals surface area contributed by atoms with Crippen molar-refractivity contribution >= 4 is 50.7 Å². The van der Waals surface area contributed by atoms with Crippen LogP contribution < -0.4 is 0 Å². The predicted octanol–water partition coefficient (Wildman–Crippen LogP) is 6.46. The molecular weight excluding hydrogens is 373 g/mol. The smallest absolute Gasteiger partial charge is 0.129 e. The zero-order chi connectivity index (χ0) is 14.0. The summed E-state index contributed by atoms with van der Waals surface area (Å²) in [7, 11) is 0. The fourth-order valence-electron chi connectivity index (χ4n) is 1.74. The van der Waals surface area contributed by atoms with Gasteiger partial charge in [-0.05, 0) is 36.2 Å². The van der Waals surface area contributed by atoms with Crippen molar-refractivity contribution in [1.82, 2.24) is 0 Å². The number of hydrogen-bond acceptors (Lipinski definition) is 0. The van der Waals surface area contributed by atoms with E-state index in [1.807, 2.05) is 6.07 Å². The lowest BCUT2D eigenvalue weighted by atomic mass is 10.0. The average molecular weight is 382 g/mol. The summed E-state index contributed by atoms with van der Waals surface area (Å²) in [5.74, 6) is -0.325. The van der Waals surface area contributed by atoms with Crippen LogP contribution in [0.2, 0.25) is 15.1 Å². The number of benzene rings is 2. The summed E-state index contributed by atoms with van der Waals surface area (Å²) in [5.41, 5.74) is 1.54. The van der Waals surface area contributed by atoms with Crippen molar-refractivity contribution < 1.29 is 4.39 Å². The summed E-state index contributed by atoms with van der Waals surface area (Å²) in [4.78, 5) is -0.151. The first kappa shape index (κ1) is 15.1. The first-order valence-electron chi connectivity index (χ1n) is 5.50. The Morgan fingerprint density at radius 2 is 1.74 bits per heavy atom. The maximum absolute atomic E-state index is 13.8. The lowest BCUT2D eigenvalue weighted by molar-refractivity contribution is 0.608. The van der Waals surface area contributed by atoms with Crippen LogP contribution in [0, 0.1) is 5.82 Å². The molecule has 2 rings (SSSR count). The van der Waals surface area contributed by atoms with E-state index in [-0.39, 0.29) is 10.6 Å². The predicted molar refractivity (Wildman–Crippen MR) is 83.2 cm³/mol. The normalized spacial score (nSPS) is 12.5. The van der Waals surface area contributed by atoms with Crippen molar-refractivity contribution in [3.8, 4) is 0 Å². The van der Waals surface area contributed by atoms with Crippen molar-refractivity contribution in [1.29, 1.82) is 0 Å². The molecule has 0 aliphatic rings. The quantitative estimate of drug-likeness (QED) is 0.534. The average Bonchev–Trinajstić information content (AvgIpc) is 2.33. The highest BCUT2D eigenvalue weighted by molar-refractivity contribution is 9.09. The molecule has 0 aliphatic heterocycles. The molecule has 0 bridgehead atoms. The molecule has 0 N–H and O–H groups in total. The van der Waals surface area contributed by atoms with E-state index in [0.717, 1.165) is 5.56 Å². The van der Waals surface area contributed by atoms with Crippen molar-refractivity contribution in [2.24, 2.45) is 0 Å². The molecule has 0 radical (unpaired) electrons. The molecule has 1 atom stereocenters. The monoisotopic (exact) mass is 380 g/mol. The van der Waals surface area contributed by atoms with E-state index in [0.29, 0.717) is 27.1 Å². The van der Waals surface area contributed by atoms with Crippen LogP contribution in [0.3, 0.4) is 0 Å². The number of halogens is 5. The minimum absolute atomic E-state index is 0.151. The molecule has 0 amide bonds. The Kier molecular flexibility index (Phi) is 5.13. The van der Waals surface area contributed by atoms with Crippen LogP contribution in [-0.2, 0) is 6.42 Å². The van der Waals surface area contributed by atoms with Gasteiger partial charge in [0.15, 0.2) is 0 Å². The Morgan fingerprint density at radius 3 is 2.37 bits per heavy atom. The second kappa shape index (κ2) is 6.45. The Morgan fingerprint density at radius 1 is 1.00 bits per heavy atom. The van der Waals surface area contributed by atoms with Gasteiger partial charge in [0.05, 0.1) is 10.0 Å². The van der Waals surface area contributed by atoms with Crippen LogP contribution in [0.25, 0.3) is 0 Å². The van der Waals surface area contributed by atoms with Crippen LogP contribution >= 0.6 is 50.7 Å². The van der Waals surface area contributed by atoms with Gasteiger partial charge in [-0.25, -0.2) is 4.39 Å². The first-order valence-corrected chi connectivity index (χ1v) is 7.55. The summed E-state index contributed by atoms with van der Waals surface area (Å²) in [6, 6.07) is 10.0. The van der Waals surface area contributed by atoms with Gasteiger partial charge in [-0.2, -0.15) is 0 Å². The second-order valence-electron chi connectivity index (χ2n) is 4.09. The largest absolute Gasteiger partial charge is 0.207 e. The van der Waals surface area contributed by atoms with Crippen LogP contribution in [-0.4, -0.2) is 0 Å². The van der Waals surface area contributed by atoms with Gasteiger partial charge in [-0.1, -0.05) is 62.9 Å². The minimum Gasteiger partial charge on any atom is -0.207 e. The van der Waals surface area contributed by atoms with Gasteiger partial charge in [0.2, 0.25) is 0 Å². The maximum Gasteiger partial charge on any atom is 0.129 e. The highest BCUT2D eigenvalue weighted by Gasteiger charge is 2.14. The van der Waals surface area contributed by atoms with Crippen LogP contribution in [0.5, 0.6) is 0 Å². The van der Waals surface area contributed by atoms with Crippen LogP contribution in [0.15, 0.2) is 36.4 Å². The van der Waals surface area contributed by atoms with E-state index in [1.54, 1.807) is 24.3 Å². The molecule has 0 aromatic heterocycles. The molecule has 0 nitrogen and oxygen atoms in total. The molecular formula is C14H9BrCl3F. The van der Waals surface area contributed by atoms with Gasteiger partial charge < -0.3 is 0 Å². The highest BCUT2D eigenvalue weighted by Crippen LogP contribution is 2.32. The molecule has 2 aromatic carbocycles. The minimum atomic E-state index is -0.325. The molecule has 5 heteroatoms. The van der Waals surface area contributed by atoms with Crippen LogP contribution in [0.1, 0.15) is 16.0 Å². The van der Waals surface area contributed by atoms with E-state index in [4.69, 9.17) is 34.8 Å². The zero-order valence-electron chi connectivity index (χ0n) is 9.64.